The molecule has 0 radical (unpaired) electrons. The zero-order chi connectivity index (χ0) is 17.6. The number of phenols is 1. The molecule has 0 aliphatic carbocycles. The Morgan fingerprint density at radius 1 is 1.08 bits per heavy atom. The maximum atomic E-state index is 12.0. The molecule has 2 aliphatic heterocycles. The number of rotatable bonds is 2. The van der Waals surface area contributed by atoms with Crippen LogP contribution in [0.15, 0.2) is 42.2 Å². The van der Waals surface area contributed by atoms with Crippen LogP contribution in [-0.4, -0.2) is 29.2 Å². The van der Waals surface area contributed by atoms with Crippen LogP contribution in [0.1, 0.15) is 25.3 Å². The molecule has 5 heteroatoms. The average molecular weight is 336 g/mol. The molecule has 1 amide bonds. The van der Waals surface area contributed by atoms with Gasteiger partial charge in [0.25, 0.3) is 5.91 Å². The van der Waals surface area contributed by atoms with E-state index in [1.165, 1.54) is 31.5 Å². The highest BCUT2D eigenvalue weighted by Gasteiger charge is 2.28. The molecule has 1 fully saturated rings. The van der Waals surface area contributed by atoms with Crippen LogP contribution in [0.3, 0.4) is 0 Å². The number of aromatic hydroxyl groups is 1. The third kappa shape index (κ3) is 2.61. The fourth-order valence-corrected chi connectivity index (χ4v) is 3.62. The number of amides is 1. The Morgan fingerprint density at radius 2 is 1.76 bits per heavy atom. The zero-order valence-corrected chi connectivity index (χ0v) is 14.0. The predicted molar refractivity (Wildman–Crippen MR) is 98.8 cm³/mol. The van der Waals surface area contributed by atoms with Crippen LogP contribution in [0, 0.1) is 0 Å². The fraction of sp³-hybridized carbons (Fsp3) is 0.250. The van der Waals surface area contributed by atoms with Crippen LogP contribution in [0.5, 0.6) is 5.75 Å². The van der Waals surface area contributed by atoms with Gasteiger partial charge in [0.15, 0.2) is 0 Å². The number of hydrogen-bond donors (Lipinski definition) is 3. The van der Waals surface area contributed by atoms with E-state index in [-0.39, 0.29) is 23.0 Å². The van der Waals surface area contributed by atoms with Gasteiger partial charge in [0, 0.05) is 36.0 Å². The van der Waals surface area contributed by atoms with Gasteiger partial charge in [-0.1, -0.05) is 12.1 Å². The minimum absolute atomic E-state index is 0.0303. The SMILES string of the molecule is C/C(O)=C1\C(=O)Nc2cc(O)c(-c3ccc(N4CCCC4)cc3)cc21. The Morgan fingerprint density at radius 3 is 2.40 bits per heavy atom. The van der Waals surface area contributed by atoms with Crippen LogP contribution >= 0.6 is 0 Å². The van der Waals surface area contributed by atoms with E-state index in [1.54, 1.807) is 6.07 Å². The lowest BCUT2D eigenvalue weighted by Gasteiger charge is -2.18. The van der Waals surface area contributed by atoms with Crippen LogP contribution in [0.25, 0.3) is 16.7 Å². The Balaban J connectivity index is 1.74. The molecule has 25 heavy (non-hydrogen) atoms. The molecular formula is C20H20N2O3. The molecule has 2 aromatic rings. The molecule has 5 nitrogen and oxygen atoms in total. The summed E-state index contributed by atoms with van der Waals surface area (Å²) in [7, 11) is 0. The summed E-state index contributed by atoms with van der Waals surface area (Å²) in [4.78, 5) is 14.4. The van der Waals surface area contributed by atoms with Crippen molar-refractivity contribution in [2.45, 2.75) is 19.8 Å². The molecule has 0 bridgehead atoms. The van der Waals surface area contributed by atoms with E-state index in [0.29, 0.717) is 16.8 Å². The minimum Gasteiger partial charge on any atom is -0.512 e. The first-order valence-corrected chi connectivity index (χ1v) is 8.48. The summed E-state index contributed by atoms with van der Waals surface area (Å²) in [6.45, 7) is 3.66. The number of aliphatic hydroxyl groups is 1. The summed E-state index contributed by atoms with van der Waals surface area (Å²) < 4.78 is 0. The van der Waals surface area contributed by atoms with E-state index in [2.05, 4.69) is 22.3 Å². The van der Waals surface area contributed by atoms with Crippen molar-refractivity contribution < 1.29 is 15.0 Å². The maximum Gasteiger partial charge on any atom is 0.259 e. The van der Waals surface area contributed by atoms with Gasteiger partial charge in [-0.05, 0) is 43.5 Å². The second-order valence-electron chi connectivity index (χ2n) is 6.57. The second-order valence-corrected chi connectivity index (χ2v) is 6.57. The van der Waals surface area contributed by atoms with E-state index in [0.717, 1.165) is 18.7 Å². The first-order valence-electron chi connectivity index (χ1n) is 8.48. The van der Waals surface area contributed by atoms with Gasteiger partial charge in [-0.2, -0.15) is 0 Å². The van der Waals surface area contributed by atoms with Crippen molar-refractivity contribution in [1.29, 1.82) is 0 Å². The molecule has 0 spiro atoms. The van der Waals surface area contributed by atoms with Crippen LogP contribution in [-0.2, 0) is 4.79 Å². The van der Waals surface area contributed by atoms with E-state index in [4.69, 9.17) is 0 Å². The number of nitrogens with zero attached hydrogens (tertiary/aromatic N) is 1. The second kappa shape index (κ2) is 5.84. The summed E-state index contributed by atoms with van der Waals surface area (Å²) in [6.07, 6.45) is 2.45. The number of carbonyl (C=O) groups excluding carboxylic acids is 1. The van der Waals surface area contributed by atoms with Crippen LogP contribution in [0.4, 0.5) is 11.4 Å². The van der Waals surface area contributed by atoms with E-state index in [1.807, 2.05) is 12.1 Å². The highest BCUT2D eigenvalue weighted by Crippen LogP contribution is 2.41. The smallest absolute Gasteiger partial charge is 0.259 e. The van der Waals surface area contributed by atoms with Crippen molar-refractivity contribution in [3.8, 4) is 16.9 Å². The molecule has 2 aromatic carbocycles. The number of aliphatic hydroxyl groups excluding tert-OH is 1. The Hall–Kier alpha value is -2.95. The highest BCUT2D eigenvalue weighted by molar-refractivity contribution is 6.32. The maximum absolute atomic E-state index is 12.0. The normalized spacial score (nSPS) is 18.3. The molecule has 0 atom stereocenters. The van der Waals surface area contributed by atoms with Crippen molar-refractivity contribution >= 4 is 22.9 Å². The van der Waals surface area contributed by atoms with Gasteiger partial charge >= 0.3 is 0 Å². The number of anilines is 2. The number of hydrogen-bond acceptors (Lipinski definition) is 4. The van der Waals surface area contributed by atoms with E-state index in [9.17, 15) is 15.0 Å². The standard InChI is InChI=1S/C20H20N2O3/c1-12(23)19-16-10-15(18(24)11-17(16)21-20(19)25)13-4-6-14(7-5-13)22-8-2-3-9-22/h4-7,10-11,23-24H,2-3,8-9H2,1H3,(H,21,25)/b19-12+. The lowest BCUT2D eigenvalue weighted by atomic mass is 9.97. The number of fused-ring (bicyclic) bond motifs is 1. The lowest BCUT2D eigenvalue weighted by Crippen LogP contribution is -2.17. The predicted octanol–water partition coefficient (Wildman–Crippen LogP) is 3.90. The number of allylic oxidation sites excluding steroid dienone is 1. The number of nitrogens with one attached hydrogen (secondary N) is 1. The lowest BCUT2D eigenvalue weighted by molar-refractivity contribution is -0.110. The first-order chi connectivity index (χ1) is 12.0. The van der Waals surface area contributed by atoms with Crippen molar-refractivity contribution in [1.82, 2.24) is 0 Å². The summed E-state index contributed by atoms with van der Waals surface area (Å²) >= 11 is 0. The summed E-state index contributed by atoms with van der Waals surface area (Å²) in [6, 6.07) is 11.4. The topological polar surface area (TPSA) is 72.8 Å². The van der Waals surface area contributed by atoms with E-state index < -0.39 is 0 Å². The molecule has 2 heterocycles. The monoisotopic (exact) mass is 336 g/mol. The fourth-order valence-electron chi connectivity index (χ4n) is 3.62. The summed E-state index contributed by atoms with van der Waals surface area (Å²) in [5, 5.41) is 22.9. The van der Waals surface area contributed by atoms with Gasteiger partial charge in [0.1, 0.15) is 11.5 Å². The van der Waals surface area contributed by atoms with Crippen molar-refractivity contribution in [3.05, 3.63) is 47.7 Å². The first kappa shape index (κ1) is 15.6. The molecule has 0 saturated carbocycles. The van der Waals surface area contributed by atoms with Gasteiger partial charge in [0.05, 0.1) is 11.3 Å². The number of carbonyl (C=O) groups is 1. The Kier molecular flexibility index (Phi) is 3.64. The van der Waals surface area contributed by atoms with E-state index >= 15 is 0 Å². The van der Waals surface area contributed by atoms with Crippen molar-refractivity contribution in [3.63, 3.8) is 0 Å². The average Bonchev–Trinajstić information content (AvgIpc) is 3.21. The zero-order valence-electron chi connectivity index (χ0n) is 14.0. The molecule has 4 rings (SSSR count). The molecular weight excluding hydrogens is 316 g/mol. The quantitative estimate of drug-likeness (QED) is 0.574. The largest absolute Gasteiger partial charge is 0.512 e. The van der Waals surface area contributed by atoms with Crippen molar-refractivity contribution in [2.24, 2.45) is 0 Å². The number of phenolic OH excluding ortho intramolecular Hbond substituents is 1. The summed E-state index contributed by atoms with van der Waals surface area (Å²) in [5.74, 6) is -0.280. The molecule has 0 aromatic heterocycles. The van der Waals surface area contributed by atoms with Gasteiger partial charge in [0.2, 0.25) is 0 Å². The van der Waals surface area contributed by atoms with Gasteiger partial charge in [-0.3, -0.25) is 4.79 Å². The van der Waals surface area contributed by atoms with Gasteiger partial charge in [-0.25, -0.2) is 0 Å². The third-order valence-corrected chi connectivity index (χ3v) is 4.89. The molecule has 3 N–H and O–H groups in total. The van der Waals surface area contributed by atoms with Gasteiger partial charge < -0.3 is 20.4 Å². The molecule has 1 saturated heterocycles. The molecule has 0 unspecified atom stereocenters. The van der Waals surface area contributed by atoms with Crippen molar-refractivity contribution in [2.75, 3.05) is 23.3 Å². The highest BCUT2D eigenvalue weighted by atomic mass is 16.3. The summed E-state index contributed by atoms with van der Waals surface area (Å²) in [5.41, 5.74) is 4.08. The number of benzene rings is 2. The third-order valence-electron chi connectivity index (χ3n) is 4.89. The Labute approximate surface area is 146 Å². The minimum atomic E-state index is -0.351. The molecule has 2 aliphatic rings. The van der Waals surface area contributed by atoms with Crippen LogP contribution < -0.4 is 10.2 Å². The molecule has 128 valence electrons. The van der Waals surface area contributed by atoms with Gasteiger partial charge in [-0.15, -0.1) is 0 Å². The van der Waals surface area contributed by atoms with Crippen LogP contribution in [0.2, 0.25) is 0 Å². The Bertz CT molecular complexity index is 875.